The molecule has 1 heterocycles. The Labute approximate surface area is 153 Å². The number of fused-ring (bicyclic) bond motifs is 1. The van der Waals surface area contributed by atoms with Crippen molar-refractivity contribution < 1.29 is 19.1 Å². The number of hydrogen-bond donors (Lipinski definition) is 2. The maximum Gasteiger partial charge on any atom is 0.407 e. The molecule has 1 amide bonds. The first kappa shape index (κ1) is 19.6. The molecule has 1 aromatic heterocycles. The summed E-state index contributed by atoms with van der Waals surface area (Å²) in [4.78, 5) is 26.4. The van der Waals surface area contributed by atoms with E-state index >= 15 is 0 Å². The van der Waals surface area contributed by atoms with Crippen LogP contribution in [-0.4, -0.2) is 35.8 Å². The van der Waals surface area contributed by atoms with E-state index in [-0.39, 0.29) is 5.97 Å². The molecule has 0 bridgehead atoms. The van der Waals surface area contributed by atoms with E-state index in [9.17, 15) is 9.59 Å². The molecule has 0 atom stereocenters. The van der Waals surface area contributed by atoms with Crippen molar-refractivity contribution in [2.45, 2.75) is 39.7 Å². The molecule has 2 aromatic rings. The molecule has 0 spiro atoms. The summed E-state index contributed by atoms with van der Waals surface area (Å²) >= 11 is 0. The molecule has 140 valence electrons. The van der Waals surface area contributed by atoms with Crippen LogP contribution in [-0.2, 0) is 9.47 Å². The predicted octanol–water partition coefficient (Wildman–Crippen LogP) is 4.27. The Morgan fingerprint density at radius 2 is 2.00 bits per heavy atom. The van der Waals surface area contributed by atoms with Crippen molar-refractivity contribution in [2.75, 3.05) is 13.2 Å². The molecule has 0 saturated heterocycles. The van der Waals surface area contributed by atoms with Gasteiger partial charge in [-0.25, -0.2) is 9.59 Å². The third-order valence-electron chi connectivity index (χ3n) is 3.43. The number of aromatic amines is 1. The lowest BCUT2D eigenvalue weighted by Crippen LogP contribution is -2.32. The number of nitrogens with one attached hydrogen (secondary N) is 2. The summed E-state index contributed by atoms with van der Waals surface area (Å²) in [6.45, 7) is 8.12. The van der Waals surface area contributed by atoms with Gasteiger partial charge in [0.2, 0.25) is 0 Å². The molecule has 6 heteroatoms. The minimum absolute atomic E-state index is 0.347. The number of alkyl carbamates (subject to hydrolysis) is 1. The molecule has 0 aliphatic rings. The number of H-pyrrole nitrogens is 1. The van der Waals surface area contributed by atoms with Crippen molar-refractivity contribution in [1.29, 1.82) is 0 Å². The second-order valence-corrected chi connectivity index (χ2v) is 6.87. The van der Waals surface area contributed by atoms with Gasteiger partial charge in [0, 0.05) is 17.4 Å². The van der Waals surface area contributed by atoms with Gasteiger partial charge in [-0.15, -0.1) is 0 Å². The van der Waals surface area contributed by atoms with E-state index in [1.807, 2.05) is 51.1 Å². The molecule has 0 unspecified atom stereocenters. The highest BCUT2D eigenvalue weighted by molar-refractivity contribution is 5.95. The van der Waals surface area contributed by atoms with Crippen LogP contribution in [0.5, 0.6) is 0 Å². The van der Waals surface area contributed by atoms with Crippen LogP contribution in [0, 0.1) is 0 Å². The van der Waals surface area contributed by atoms with Crippen LogP contribution in [0.1, 0.15) is 50.2 Å². The van der Waals surface area contributed by atoms with Gasteiger partial charge in [-0.05, 0) is 51.8 Å². The standard InChI is InChI=1S/C20H26N2O4/c1-5-25-18(23)17-13-15-10-9-14(12-16(15)22-17)8-6-7-11-21-19(24)26-20(2,3)4/h6,8-10,12-13,22H,5,7,11H2,1-4H3,(H,21,24). The van der Waals surface area contributed by atoms with Gasteiger partial charge in [0.25, 0.3) is 0 Å². The Morgan fingerprint density at radius 3 is 2.69 bits per heavy atom. The molecule has 0 aliphatic carbocycles. The molecule has 0 radical (unpaired) electrons. The number of rotatable bonds is 6. The molecule has 2 N–H and O–H groups in total. The molecule has 0 fully saturated rings. The van der Waals surface area contributed by atoms with E-state index in [0.29, 0.717) is 25.3 Å². The van der Waals surface area contributed by atoms with Crippen LogP contribution in [0.25, 0.3) is 17.0 Å². The maximum atomic E-state index is 11.8. The largest absolute Gasteiger partial charge is 0.461 e. The number of hydrogen-bond acceptors (Lipinski definition) is 4. The number of carbonyl (C=O) groups excluding carboxylic acids is 2. The fraction of sp³-hybridized carbons (Fsp3) is 0.400. The second kappa shape index (κ2) is 8.56. The number of esters is 1. The minimum Gasteiger partial charge on any atom is -0.461 e. The van der Waals surface area contributed by atoms with Crippen molar-refractivity contribution in [3.05, 3.63) is 41.6 Å². The van der Waals surface area contributed by atoms with Crippen molar-refractivity contribution in [3.63, 3.8) is 0 Å². The first-order valence-corrected chi connectivity index (χ1v) is 8.72. The molecule has 2 rings (SSSR count). The van der Waals surface area contributed by atoms with Crippen LogP contribution in [0.4, 0.5) is 4.79 Å². The van der Waals surface area contributed by atoms with E-state index in [1.54, 1.807) is 13.0 Å². The van der Waals surface area contributed by atoms with Gasteiger partial charge in [0.05, 0.1) is 6.61 Å². The third kappa shape index (κ3) is 5.95. The van der Waals surface area contributed by atoms with E-state index in [4.69, 9.17) is 9.47 Å². The van der Waals surface area contributed by atoms with Gasteiger partial charge in [-0.1, -0.05) is 24.3 Å². The number of amides is 1. The lowest BCUT2D eigenvalue weighted by atomic mass is 10.1. The summed E-state index contributed by atoms with van der Waals surface area (Å²) in [5.41, 5.74) is 1.84. The molecule has 26 heavy (non-hydrogen) atoms. The summed E-state index contributed by atoms with van der Waals surface area (Å²) in [5, 5.41) is 3.67. The van der Waals surface area contributed by atoms with Crippen molar-refractivity contribution >= 4 is 29.0 Å². The summed E-state index contributed by atoms with van der Waals surface area (Å²) in [6, 6.07) is 7.68. The van der Waals surface area contributed by atoms with E-state index in [1.165, 1.54) is 0 Å². The number of carbonyl (C=O) groups is 2. The number of ether oxygens (including phenoxy) is 2. The fourth-order valence-electron chi connectivity index (χ4n) is 2.36. The summed E-state index contributed by atoms with van der Waals surface area (Å²) < 4.78 is 10.2. The first-order valence-electron chi connectivity index (χ1n) is 8.72. The fourth-order valence-corrected chi connectivity index (χ4v) is 2.36. The maximum absolute atomic E-state index is 11.8. The highest BCUT2D eigenvalue weighted by atomic mass is 16.6. The SMILES string of the molecule is CCOC(=O)c1cc2ccc(C=CCCNC(=O)OC(C)(C)C)cc2[nH]1. The lowest BCUT2D eigenvalue weighted by molar-refractivity contribution is 0.0513. The van der Waals surface area contributed by atoms with Crippen molar-refractivity contribution in [3.8, 4) is 0 Å². The van der Waals surface area contributed by atoms with Crippen LogP contribution in [0.15, 0.2) is 30.3 Å². The van der Waals surface area contributed by atoms with Gasteiger partial charge in [-0.3, -0.25) is 0 Å². The third-order valence-corrected chi connectivity index (χ3v) is 3.43. The summed E-state index contributed by atoms with van der Waals surface area (Å²) in [5.74, 6) is -0.353. The smallest absolute Gasteiger partial charge is 0.407 e. The number of aromatic nitrogens is 1. The zero-order valence-corrected chi connectivity index (χ0v) is 15.7. The van der Waals surface area contributed by atoms with Gasteiger partial charge in [-0.2, -0.15) is 0 Å². The molecule has 0 aliphatic heterocycles. The van der Waals surface area contributed by atoms with Crippen LogP contribution < -0.4 is 5.32 Å². The van der Waals surface area contributed by atoms with Gasteiger partial charge < -0.3 is 19.8 Å². The average Bonchev–Trinajstić information content (AvgIpc) is 2.96. The van der Waals surface area contributed by atoms with Gasteiger partial charge in [0.15, 0.2) is 0 Å². The van der Waals surface area contributed by atoms with Crippen molar-refractivity contribution in [1.82, 2.24) is 10.3 Å². The van der Waals surface area contributed by atoms with Crippen molar-refractivity contribution in [2.24, 2.45) is 0 Å². The highest BCUT2D eigenvalue weighted by Crippen LogP contribution is 2.18. The quantitative estimate of drug-likeness (QED) is 0.597. The number of benzene rings is 1. The first-order chi connectivity index (χ1) is 12.3. The Hall–Kier alpha value is -2.76. The van der Waals surface area contributed by atoms with Gasteiger partial charge >= 0.3 is 12.1 Å². The summed E-state index contributed by atoms with van der Waals surface area (Å²) in [7, 11) is 0. The zero-order chi connectivity index (χ0) is 19.2. The Morgan fingerprint density at radius 1 is 1.23 bits per heavy atom. The lowest BCUT2D eigenvalue weighted by Gasteiger charge is -2.19. The molecule has 6 nitrogen and oxygen atoms in total. The molecular weight excluding hydrogens is 332 g/mol. The Kier molecular flexibility index (Phi) is 6.44. The summed E-state index contributed by atoms with van der Waals surface area (Å²) in [6.07, 6.45) is 4.23. The highest BCUT2D eigenvalue weighted by Gasteiger charge is 2.15. The van der Waals surface area contributed by atoms with E-state index in [0.717, 1.165) is 16.5 Å². The zero-order valence-electron chi connectivity index (χ0n) is 15.7. The Balaban J connectivity index is 1.89. The molecule has 1 aromatic carbocycles. The van der Waals surface area contributed by atoms with E-state index in [2.05, 4.69) is 10.3 Å². The minimum atomic E-state index is -0.492. The molecule has 0 saturated carbocycles. The monoisotopic (exact) mass is 358 g/mol. The average molecular weight is 358 g/mol. The van der Waals surface area contributed by atoms with Crippen LogP contribution in [0.3, 0.4) is 0 Å². The van der Waals surface area contributed by atoms with E-state index < -0.39 is 11.7 Å². The normalized spacial score (nSPS) is 11.7. The molecular formula is C20H26N2O4. The Bertz CT molecular complexity index is 800. The van der Waals surface area contributed by atoms with Crippen LogP contribution in [0.2, 0.25) is 0 Å². The van der Waals surface area contributed by atoms with Gasteiger partial charge in [0.1, 0.15) is 11.3 Å². The topological polar surface area (TPSA) is 80.4 Å². The second-order valence-electron chi connectivity index (χ2n) is 6.87. The predicted molar refractivity (Wildman–Crippen MR) is 102 cm³/mol. The van der Waals surface area contributed by atoms with Crippen LogP contribution >= 0.6 is 0 Å².